The third kappa shape index (κ3) is 3.19. The van der Waals surface area contributed by atoms with Crippen molar-refractivity contribution in [2.75, 3.05) is 0 Å². The number of nitrogens with zero attached hydrogens (tertiary/aromatic N) is 1. The Morgan fingerprint density at radius 1 is 1.47 bits per heavy atom. The highest BCUT2D eigenvalue weighted by Gasteiger charge is 2.33. The van der Waals surface area contributed by atoms with Crippen molar-refractivity contribution in [2.24, 2.45) is 10.7 Å². The molecule has 0 aromatic heterocycles. The van der Waals surface area contributed by atoms with Crippen molar-refractivity contribution < 1.29 is 9.59 Å². The van der Waals surface area contributed by atoms with E-state index in [1.54, 1.807) is 31.2 Å². The maximum Gasteiger partial charge on any atom is 0.264 e. The van der Waals surface area contributed by atoms with Crippen molar-refractivity contribution in [3.8, 4) is 0 Å². The predicted molar refractivity (Wildman–Crippen MR) is 73.0 cm³/mol. The quantitative estimate of drug-likeness (QED) is 0.816. The summed E-state index contributed by atoms with van der Waals surface area (Å²) >= 11 is 5.86. The first-order chi connectivity index (χ1) is 8.97. The van der Waals surface area contributed by atoms with Crippen LogP contribution in [-0.2, 0) is 9.59 Å². The summed E-state index contributed by atoms with van der Waals surface area (Å²) in [6.45, 7) is 1.78. The van der Waals surface area contributed by atoms with Crippen LogP contribution in [0.1, 0.15) is 24.8 Å². The molecule has 1 aliphatic heterocycles. The molecule has 2 amide bonds. The normalized spacial score (nSPS) is 20.8. The van der Waals surface area contributed by atoms with Crippen LogP contribution in [0.25, 0.3) is 0 Å². The lowest BCUT2D eigenvalue weighted by molar-refractivity contribution is -0.129. The van der Waals surface area contributed by atoms with Gasteiger partial charge in [0.15, 0.2) is 0 Å². The highest BCUT2D eigenvalue weighted by Crippen LogP contribution is 2.23. The molecule has 0 aliphatic carbocycles. The summed E-state index contributed by atoms with van der Waals surface area (Å²) in [5.41, 5.74) is 6.16. The van der Waals surface area contributed by atoms with Crippen LogP contribution < -0.4 is 11.1 Å². The molecule has 0 fully saturated rings. The number of carbonyl (C=O) groups excluding carboxylic acids is 2. The summed E-state index contributed by atoms with van der Waals surface area (Å²) < 4.78 is 0. The van der Waals surface area contributed by atoms with E-state index in [1.165, 1.54) is 0 Å². The van der Waals surface area contributed by atoms with Crippen molar-refractivity contribution >= 4 is 29.3 Å². The zero-order valence-electron chi connectivity index (χ0n) is 10.4. The molecule has 6 heteroatoms. The minimum atomic E-state index is -0.935. The van der Waals surface area contributed by atoms with Gasteiger partial charge >= 0.3 is 0 Å². The summed E-state index contributed by atoms with van der Waals surface area (Å²) in [5.74, 6) is -1.49. The number of carbonyl (C=O) groups is 2. The second kappa shape index (κ2) is 5.50. The monoisotopic (exact) mass is 279 g/mol. The average molecular weight is 280 g/mol. The van der Waals surface area contributed by atoms with Crippen molar-refractivity contribution in [3.05, 3.63) is 34.9 Å². The Kier molecular flexibility index (Phi) is 3.97. The molecule has 2 rings (SSSR count). The van der Waals surface area contributed by atoms with Gasteiger partial charge in [-0.25, -0.2) is 0 Å². The molecule has 2 unspecified atom stereocenters. The van der Waals surface area contributed by atoms with Gasteiger partial charge in [-0.1, -0.05) is 23.7 Å². The summed E-state index contributed by atoms with van der Waals surface area (Å²) in [6, 6.07) is 6.48. The third-order valence-corrected chi connectivity index (χ3v) is 2.95. The van der Waals surface area contributed by atoms with Crippen molar-refractivity contribution in [2.45, 2.75) is 25.3 Å². The second-order valence-corrected chi connectivity index (χ2v) is 4.99. The van der Waals surface area contributed by atoms with Crippen LogP contribution in [0.15, 0.2) is 29.3 Å². The van der Waals surface area contributed by atoms with Crippen LogP contribution >= 0.6 is 11.6 Å². The van der Waals surface area contributed by atoms with E-state index in [4.69, 9.17) is 17.3 Å². The summed E-state index contributed by atoms with van der Waals surface area (Å²) in [6.07, 6.45) is 0.361. The van der Waals surface area contributed by atoms with E-state index < -0.39 is 17.7 Å². The van der Waals surface area contributed by atoms with Crippen LogP contribution in [0.4, 0.5) is 0 Å². The number of rotatable bonds is 3. The molecule has 19 heavy (non-hydrogen) atoms. The van der Waals surface area contributed by atoms with E-state index in [1.807, 2.05) is 0 Å². The molecule has 2 atom stereocenters. The van der Waals surface area contributed by atoms with Gasteiger partial charge in [-0.15, -0.1) is 0 Å². The van der Waals surface area contributed by atoms with Gasteiger partial charge in [0, 0.05) is 17.5 Å². The topological polar surface area (TPSA) is 84.5 Å². The number of benzene rings is 1. The standard InChI is InChI=1S/C13H14ClN3O2/c1-7(15)5-10-16-12(18)11(13(19)17-10)8-3-2-4-9(14)6-8/h2-4,6-7,11H,5,15H2,1H3,(H,16,17,18,19). The van der Waals surface area contributed by atoms with Gasteiger partial charge in [0.05, 0.1) is 0 Å². The Balaban J connectivity index is 2.27. The van der Waals surface area contributed by atoms with Crippen LogP contribution in [0, 0.1) is 0 Å². The molecule has 0 radical (unpaired) electrons. The van der Waals surface area contributed by atoms with Gasteiger partial charge in [0.1, 0.15) is 11.8 Å². The maximum atomic E-state index is 12.0. The van der Waals surface area contributed by atoms with Gasteiger partial charge in [0.25, 0.3) is 5.91 Å². The van der Waals surface area contributed by atoms with Gasteiger partial charge < -0.3 is 11.1 Å². The number of nitrogens with one attached hydrogen (secondary N) is 1. The number of aliphatic imine (C=N–C) groups is 1. The molecule has 3 N–H and O–H groups in total. The molecule has 1 heterocycles. The Labute approximate surface area is 115 Å². The van der Waals surface area contributed by atoms with Crippen molar-refractivity contribution in [1.82, 2.24) is 5.32 Å². The minimum absolute atomic E-state index is 0.172. The van der Waals surface area contributed by atoms with Crippen LogP contribution in [0.2, 0.25) is 5.02 Å². The molecular formula is C13H14ClN3O2. The number of amidine groups is 1. The van der Waals surface area contributed by atoms with E-state index in [9.17, 15) is 9.59 Å². The lowest BCUT2D eigenvalue weighted by Gasteiger charge is -2.21. The molecule has 0 spiro atoms. The van der Waals surface area contributed by atoms with E-state index in [0.29, 0.717) is 22.8 Å². The molecule has 1 aromatic carbocycles. The molecule has 5 nitrogen and oxygen atoms in total. The zero-order valence-corrected chi connectivity index (χ0v) is 11.1. The molecular weight excluding hydrogens is 266 g/mol. The van der Waals surface area contributed by atoms with Gasteiger partial charge in [-0.05, 0) is 24.6 Å². The fourth-order valence-electron chi connectivity index (χ4n) is 1.93. The van der Waals surface area contributed by atoms with Gasteiger partial charge in [0.2, 0.25) is 5.91 Å². The zero-order chi connectivity index (χ0) is 14.0. The van der Waals surface area contributed by atoms with Crippen LogP contribution in [-0.4, -0.2) is 23.7 Å². The van der Waals surface area contributed by atoms with E-state index in [-0.39, 0.29) is 6.04 Å². The van der Waals surface area contributed by atoms with E-state index in [2.05, 4.69) is 10.3 Å². The first-order valence-corrected chi connectivity index (χ1v) is 6.28. The Morgan fingerprint density at radius 2 is 2.21 bits per heavy atom. The smallest absolute Gasteiger partial charge is 0.264 e. The number of amides is 2. The fraction of sp³-hybridized carbons (Fsp3) is 0.308. The van der Waals surface area contributed by atoms with Gasteiger partial charge in [-0.2, -0.15) is 4.99 Å². The van der Waals surface area contributed by atoms with E-state index in [0.717, 1.165) is 0 Å². The summed E-state index contributed by atoms with van der Waals surface area (Å²) in [7, 11) is 0. The molecule has 100 valence electrons. The molecule has 0 bridgehead atoms. The number of halogens is 1. The van der Waals surface area contributed by atoms with Crippen molar-refractivity contribution in [3.63, 3.8) is 0 Å². The highest BCUT2D eigenvalue weighted by molar-refractivity contribution is 6.30. The first-order valence-electron chi connectivity index (χ1n) is 5.90. The van der Waals surface area contributed by atoms with Crippen molar-refractivity contribution in [1.29, 1.82) is 0 Å². The second-order valence-electron chi connectivity index (χ2n) is 4.56. The van der Waals surface area contributed by atoms with E-state index >= 15 is 0 Å². The lowest BCUT2D eigenvalue weighted by atomic mass is 9.96. The fourth-order valence-corrected chi connectivity index (χ4v) is 2.13. The third-order valence-electron chi connectivity index (χ3n) is 2.72. The summed E-state index contributed by atoms with van der Waals surface area (Å²) in [5, 5.41) is 3.09. The number of hydrogen-bond acceptors (Lipinski definition) is 3. The lowest BCUT2D eigenvalue weighted by Crippen LogP contribution is -2.44. The number of nitrogens with two attached hydrogens (primary N) is 1. The number of hydrogen-bond donors (Lipinski definition) is 2. The van der Waals surface area contributed by atoms with Gasteiger partial charge in [-0.3, -0.25) is 9.59 Å². The van der Waals surface area contributed by atoms with Crippen LogP contribution in [0.5, 0.6) is 0 Å². The first kappa shape index (κ1) is 13.7. The van der Waals surface area contributed by atoms with Crippen LogP contribution in [0.3, 0.4) is 0 Å². The molecule has 0 saturated carbocycles. The Morgan fingerprint density at radius 3 is 2.79 bits per heavy atom. The maximum absolute atomic E-state index is 12.0. The average Bonchev–Trinajstić information content (AvgIpc) is 2.26. The molecule has 1 aromatic rings. The minimum Gasteiger partial charge on any atom is -0.328 e. The highest BCUT2D eigenvalue weighted by atomic mass is 35.5. The molecule has 0 saturated heterocycles. The Hall–Kier alpha value is -1.72. The summed E-state index contributed by atoms with van der Waals surface area (Å²) in [4.78, 5) is 27.9. The SMILES string of the molecule is CC(N)CC1=NC(=O)C(c2cccc(Cl)c2)C(=O)N1. The Bertz CT molecular complexity index is 555. The predicted octanol–water partition coefficient (Wildman–Crippen LogP) is 1.22. The largest absolute Gasteiger partial charge is 0.328 e. The molecule has 1 aliphatic rings.